The normalized spacial score (nSPS) is 11.6. The second-order valence-electron chi connectivity index (χ2n) is 5.38. The van der Waals surface area contributed by atoms with E-state index in [1.807, 2.05) is 29.5 Å². The largest absolute Gasteiger partial charge is 0.342 e. The molecule has 0 bridgehead atoms. The average molecular weight is 269 g/mol. The lowest BCUT2D eigenvalue weighted by atomic mass is 9.92. The number of carbonyl (C=O) groups is 1. The number of amides is 1. The molecule has 4 nitrogen and oxygen atoms in total. The topological polar surface area (TPSA) is 41.0 Å². The third-order valence-corrected chi connectivity index (χ3v) is 3.38. The molecule has 0 saturated carbocycles. The second kappa shape index (κ2) is 5.69. The van der Waals surface area contributed by atoms with E-state index in [1.54, 1.807) is 0 Å². The van der Waals surface area contributed by atoms with Crippen molar-refractivity contribution in [2.75, 3.05) is 13.1 Å². The molecule has 1 aromatic rings. The lowest BCUT2D eigenvalue weighted by Crippen LogP contribution is -2.34. The summed E-state index contributed by atoms with van der Waals surface area (Å²) in [5.74, 6) is 0.112. The minimum absolute atomic E-state index is 0.0307. The van der Waals surface area contributed by atoms with Gasteiger partial charge in [-0.3, -0.25) is 4.79 Å². The van der Waals surface area contributed by atoms with Gasteiger partial charge in [-0.05, 0) is 26.1 Å². The van der Waals surface area contributed by atoms with E-state index in [1.165, 1.54) is 0 Å². The molecule has 1 rings (SSSR count). The maximum absolute atomic E-state index is 12.1. The molecule has 1 N–H and O–H groups in total. The summed E-state index contributed by atoms with van der Waals surface area (Å²) >= 11 is 5.26. The van der Waals surface area contributed by atoms with E-state index in [4.69, 9.17) is 12.2 Å². The third kappa shape index (κ3) is 3.22. The molecule has 0 aliphatic rings. The van der Waals surface area contributed by atoms with Gasteiger partial charge in [-0.25, -0.2) is 0 Å². The summed E-state index contributed by atoms with van der Waals surface area (Å²) < 4.78 is 2.51. The molecular formula is C13H23N3OS. The molecule has 0 atom stereocenters. The fraction of sp³-hybridized carbons (Fsp3) is 0.692. The average Bonchev–Trinajstić information content (AvgIpc) is 2.62. The maximum atomic E-state index is 12.1. The SMILES string of the molecule is CCN(CC)C(=O)Cn1c(C(C)(C)C)c[nH]c1=S. The predicted octanol–water partition coefficient (Wildman–Crippen LogP) is 2.71. The Morgan fingerprint density at radius 3 is 2.39 bits per heavy atom. The lowest BCUT2D eigenvalue weighted by Gasteiger charge is -2.23. The number of rotatable bonds is 4. The molecule has 1 aromatic heterocycles. The molecule has 102 valence electrons. The van der Waals surface area contributed by atoms with E-state index in [2.05, 4.69) is 25.8 Å². The summed E-state index contributed by atoms with van der Waals surface area (Å²) in [5.41, 5.74) is 1.03. The van der Waals surface area contributed by atoms with E-state index in [9.17, 15) is 4.79 Å². The van der Waals surface area contributed by atoms with Gasteiger partial charge in [-0.1, -0.05) is 20.8 Å². The number of likely N-dealkylation sites (N-methyl/N-ethyl adjacent to an activating group) is 1. The first kappa shape index (κ1) is 15.0. The van der Waals surface area contributed by atoms with Crippen molar-refractivity contribution < 1.29 is 4.79 Å². The number of hydrogen-bond acceptors (Lipinski definition) is 2. The van der Waals surface area contributed by atoms with E-state index in [0.29, 0.717) is 11.3 Å². The van der Waals surface area contributed by atoms with Gasteiger partial charge in [0.25, 0.3) is 0 Å². The van der Waals surface area contributed by atoms with E-state index < -0.39 is 0 Å². The summed E-state index contributed by atoms with van der Waals surface area (Å²) in [4.78, 5) is 17.0. The van der Waals surface area contributed by atoms with E-state index in [0.717, 1.165) is 18.8 Å². The van der Waals surface area contributed by atoms with Gasteiger partial charge < -0.3 is 14.5 Å². The predicted molar refractivity (Wildman–Crippen MR) is 76.2 cm³/mol. The molecule has 5 heteroatoms. The molecule has 0 spiro atoms. The minimum Gasteiger partial charge on any atom is -0.342 e. The second-order valence-corrected chi connectivity index (χ2v) is 5.77. The molecule has 0 aliphatic carbocycles. The summed E-state index contributed by atoms with van der Waals surface area (Å²) in [6.07, 6.45) is 1.90. The Kier molecular flexibility index (Phi) is 4.73. The van der Waals surface area contributed by atoms with Gasteiger partial charge >= 0.3 is 0 Å². The zero-order valence-electron chi connectivity index (χ0n) is 11.9. The Balaban J connectivity index is 3.01. The van der Waals surface area contributed by atoms with Crippen molar-refractivity contribution >= 4 is 18.1 Å². The molecular weight excluding hydrogens is 246 g/mol. The number of nitrogens with zero attached hydrogens (tertiary/aromatic N) is 2. The first-order valence-electron chi connectivity index (χ1n) is 6.37. The van der Waals surface area contributed by atoms with Crippen LogP contribution in [-0.2, 0) is 16.8 Å². The zero-order chi connectivity index (χ0) is 13.9. The van der Waals surface area contributed by atoms with Crippen molar-refractivity contribution in [3.63, 3.8) is 0 Å². The van der Waals surface area contributed by atoms with Gasteiger partial charge in [-0.15, -0.1) is 0 Å². The highest BCUT2D eigenvalue weighted by molar-refractivity contribution is 7.71. The van der Waals surface area contributed by atoms with Crippen LogP contribution in [0.4, 0.5) is 0 Å². The molecule has 1 amide bonds. The monoisotopic (exact) mass is 269 g/mol. The van der Waals surface area contributed by atoms with Crippen molar-refractivity contribution in [1.82, 2.24) is 14.5 Å². The summed E-state index contributed by atoms with van der Waals surface area (Å²) in [7, 11) is 0. The minimum atomic E-state index is -0.0307. The number of aromatic amines is 1. The van der Waals surface area contributed by atoms with Gasteiger partial charge in [0.15, 0.2) is 4.77 Å². The van der Waals surface area contributed by atoms with Crippen LogP contribution in [-0.4, -0.2) is 33.4 Å². The number of imidazole rings is 1. The van der Waals surface area contributed by atoms with Gasteiger partial charge in [0.2, 0.25) is 5.91 Å². The van der Waals surface area contributed by atoms with Crippen molar-refractivity contribution in [3.8, 4) is 0 Å². The van der Waals surface area contributed by atoms with E-state index in [-0.39, 0.29) is 11.3 Å². The molecule has 0 aliphatic heterocycles. The molecule has 0 aromatic carbocycles. The van der Waals surface area contributed by atoms with Crippen LogP contribution >= 0.6 is 12.2 Å². The van der Waals surface area contributed by atoms with E-state index >= 15 is 0 Å². The van der Waals surface area contributed by atoms with Gasteiger partial charge in [0, 0.05) is 30.4 Å². The fourth-order valence-corrected chi connectivity index (χ4v) is 2.21. The van der Waals surface area contributed by atoms with Crippen molar-refractivity contribution in [2.24, 2.45) is 0 Å². The van der Waals surface area contributed by atoms with Crippen LogP contribution in [0.3, 0.4) is 0 Å². The molecule has 0 fully saturated rings. The number of nitrogens with one attached hydrogen (secondary N) is 1. The highest BCUT2D eigenvalue weighted by Crippen LogP contribution is 2.22. The number of carbonyl (C=O) groups excluding carboxylic acids is 1. The molecule has 0 saturated heterocycles. The first-order valence-corrected chi connectivity index (χ1v) is 6.78. The van der Waals surface area contributed by atoms with Crippen LogP contribution in [0, 0.1) is 4.77 Å². The zero-order valence-corrected chi connectivity index (χ0v) is 12.7. The Labute approximate surface area is 114 Å². The maximum Gasteiger partial charge on any atom is 0.242 e. The molecule has 1 heterocycles. The highest BCUT2D eigenvalue weighted by atomic mass is 32.1. The number of hydrogen-bond donors (Lipinski definition) is 1. The standard InChI is InChI=1S/C13H23N3OS/c1-6-15(7-2)11(17)9-16-10(13(3,4)5)8-14-12(16)18/h8H,6-7,9H2,1-5H3,(H,14,18). The van der Waals surface area contributed by atoms with Crippen LogP contribution < -0.4 is 0 Å². The Morgan fingerprint density at radius 2 is 1.94 bits per heavy atom. The van der Waals surface area contributed by atoms with Crippen LogP contribution in [0.15, 0.2) is 6.20 Å². The fourth-order valence-electron chi connectivity index (χ4n) is 1.99. The van der Waals surface area contributed by atoms with Crippen LogP contribution in [0.25, 0.3) is 0 Å². The Morgan fingerprint density at radius 1 is 1.39 bits per heavy atom. The van der Waals surface area contributed by atoms with Crippen molar-refractivity contribution in [2.45, 2.75) is 46.6 Å². The van der Waals surface area contributed by atoms with Crippen LogP contribution in [0.1, 0.15) is 40.3 Å². The highest BCUT2D eigenvalue weighted by Gasteiger charge is 2.21. The molecule has 0 unspecified atom stereocenters. The van der Waals surface area contributed by atoms with Crippen LogP contribution in [0.5, 0.6) is 0 Å². The third-order valence-electron chi connectivity index (χ3n) is 3.05. The Bertz CT molecular complexity index is 463. The van der Waals surface area contributed by atoms with Gasteiger partial charge in [-0.2, -0.15) is 0 Å². The van der Waals surface area contributed by atoms with Gasteiger partial charge in [0.1, 0.15) is 6.54 Å². The number of H-pyrrole nitrogens is 1. The molecule has 0 radical (unpaired) electrons. The Hall–Kier alpha value is -1.10. The summed E-state index contributed by atoms with van der Waals surface area (Å²) in [6.45, 7) is 12.1. The number of aromatic nitrogens is 2. The summed E-state index contributed by atoms with van der Waals surface area (Å²) in [5, 5.41) is 0. The summed E-state index contributed by atoms with van der Waals surface area (Å²) in [6, 6.07) is 0. The first-order chi connectivity index (χ1) is 8.31. The van der Waals surface area contributed by atoms with Gasteiger partial charge in [0.05, 0.1) is 0 Å². The van der Waals surface area contributed by atoms with Crippen LogP contribution in [0.2, 0.25) is 0 Å². The van der Waals surface area contributed by atoms with Crippen molar-refractivity contribution in [3.05, 3.63) is 16.7 Å². The lowest BCUT2D eigenvalue weighted by molar-refractivity contribution is -0.131. The van der Waals surface area contributed by atoms with Crippen molar-refractivity contribution in [1.29, 1.82) is 0 Å². The quantitative estimate of drug-likeness (QED) is 0.854. The molecule has 18 heavy (non-hydrogen) atoms. The smallest absolute Gasteiger partial charge is 0.242 e.